The van der Waals surface area contributed by atoms with Gasteiger partial charge in [0.1, 0.15) is 5.75 Å². The lowest BCUT2D eigenvalue weighted by Crippen LogP contribution is -2.04. The third kappa shape index (κ3) is 3.89. The molecule has 0 aromatic heterocycles. The van der Waals surface area contributed by atoms with Crippen molar-refractivity contribution in [1.82, 2.24) is 0 Å². The third-order valence-corrected chi connectivity index (χ3v) is 3.07. The molecule has 0 amide bonds. The zero-order valence-electron chi connectivity index (χ0n) is 11.9. The van der Waals surface area contributed by atoms with Crippen LogP contribution in [0.3, 0.4) is 0 Å². The number of carbonyl (C=O) groups excluding carboxylic acids is 1. The Morgan fingerprint density at radius 3 is 2.52 bits per heavy atom. The topological polar surface area (TPSA) is 47.6 Å². The molecular weight excluding hydrogens is 290 g/mol. The van der Waals surface area contributed by atoms with Gasteiger partial charge in [-0.2, -0.15) is 0 Å². The molecular formula is C16H16ClNO3. The number of esters is 1. The molecule has 0 fully saturated rings. The van der Waals surface area contributed by atoms with Gasteiger partial charge in [0.05, 0.1) is 25.0 Å². The summed E-state index contributed by atoms with van der Waals surface area (Å²) in [5.74, 6) is 0.359. The number of benzene rings is 2. The van der Waals surface area contributed by atoms with E-state index in [9.17, 15) is 4.79 Å². The second-order valence-corrected chi connectivity index (χ2v) is 4.70. The minimum Gasteiger partial charge on any atom is -0.495 e. The Morgan fingerprint density at radius 2 is 1.90 bits per heavy atom. The van der Waals surface area contributed by atoms with Gasteiger partial charge in [-0.15, -0.1) is 0 Å². The zero-order valence-corrected chi connectivity index (χ0v) is 12.6. The average Bonchev–Trinajstić information content (AvgIpc) is 2.48. The summed E-state index contributed by atoms with van der Waals surface area (Å²) < 4.78 is 10.2. The number of anilines is 2. The molecule has 0 spiro atoms. The van der Waals surface area contributed by atoms with Gasteiger partial charge in [0.25, 0.3) is 0 Å². The van der Waals surface area contributed by atoms with Crippen molar-refractivity contribution < 1.29 is 14.3 Å². The number of rotatable bonds is 5. The van der Waals surface area contributed by atoms with E-state index in [0.717, 1.165) is 11.4 Å². The normalized spacial score (nSPS) is 10.0. The fourth-order valence-corrected chi connectivity index (χ4v) is 2.01. The quantitative estimate of drug-likeness (QED) is 0.838. The van der Waals surface area contributed by atoms with Crippen molar-refractivity contribution in [2.45, 2.75) is 6.92 Å². The molecule has 0 saturated carbocycles. The molecule has 1 N–H and O–H groups in total. The maximum absolute atomic E-state index is 11.6. The molecule has 5 heteroatoms. The van der Waals surface area contributed by atoms with Crippen LogP contribution < -0.4 is 10.1 Å². The summed E-state index contributed by atoms with van der Waals surface area (Å²) in [6.45, 7) is 2.14. The van der Waals surface area contributed by atoms with Crippen LogP contribution in [0.5, 0.6) is 5.75 Å². The summed E-state index contributed by atoms with van der Waals surface area (Å²) in [6.07, 6.45) is 0. The van der Waals surface area contributed by atoms with Crippen molar-refractivity contribution in [2.24, 2.45) is 0 Å². The first-order chi connectivity index (χ1) is 10.1. The molecule has 0 aliphatic heterocycles. The van der Waals surface area contributed by atoms with Gasteiger partial charge in [-0.25, -0.2) is 4.79 Å². The van der Waals surface area contributed by atoms with E-state index in [1.54, 1.807) is 56.5 Å². The van der Waals surface area contributed by atoms with E-state index >= 15 is 0 Å². The number of hydrogen-bond acceptors (Lipinski definition) is 4. The van der Waals surface area contributed by atoms with Gasteiger partial charge in [0.2, 0.25) is 0 Å². The van der Waals surface area contributed by atoms with Crippen LogP contribution >= 0.6 is 11.6 Å². The van der Waals surface area contributed by atoms with Crippen molar-refractivity contribution in [3.63, 3.8) is 0 Å². The molecule has 0 unspecified atom stereocenters. The van der Waals surface area contributed by atoms with E-state index in [1.807, 2.05) is 0 Å². The summed E-state index contributed by atoms with van der Waals surface area (Å²) in [5.41, 5.74) is 2.10. The van der Waals surface area contributed by atoms with Crippen molar-refractivity contribution in [3.8, 4) is 5.75 Å². The van der Waals surface area contributed by atoms with E-state index in [2.05, 4.69) is 5.32 Å². The Bertz CT molecular complexity index is 626. The summed E-state index contributed by atoms with van der Waals surface area (Å²) in [5, 5.41) is 3.81. The highest BCUT2D eigenvalue weighted by molar-refractivity contribution is 6.31. The number of ether oxygens (including phenoxy) is 2. The second kappa shape index (κ2) is 6.99. The largest absolute Gasteiger partial charge is 0.495 e. The number of methoxy groups -OCH3 is 1. The SMILES string of the molecule is CCOC(=O)c1ccc(Nc2cc(Cl)ccc2OC)cc1. The first-order valence-corrected chi connectivity index (χ1v) is 6.89. The standard InChI is InChI=1S/C16H16ClNO3/c1-3-21-16(19)11-4-7-13(8-5-11)18-14-10-12(17)6-9-15(14)20-2/h4-10,18H,3H2,1-2H3. The molecule has 0 saturated heterocycles. The van der Waals surface area contributed by atoms with Gasteiger partial charge in [0.15, 0.2) is 0 Å². The van der Waals surface area contributed by atoms with Gasteiger partial charge in [0, 0.05) is 10.7 Å². The first kappa shape index (κ1) is 15.2. The summed E-state index contributed by atoms with van der Waals surface area (Å²) >= 11 is 5.98. The Labute approximate surface area is 128 Å². The predicted octanol–water partition coefficient (Wildman–Crippen LogP) is 4.27. The summed E-state index contributed by atoms with van der Waals surface area (Å²) in [4.78, 5) is 11.6. The van der Waals surface area contributed by atoms with Gasteiger partial charge in [-0.3, -0.25) is 0 Å². The monoisotopic (exact) mass is 305 g/mol. The highest BCUT2D eigenvalue weighted by atomic mass is 35.5. The van der Waals surface area contributed by atoms with E-state index in [0.29, 0.717) is 22.9 Å². The second-order valence-electron chi connectivity index (χ2n) is 4.27. The molecule has 0 aliphatic rings. The van der Waals surface area contributed by atoms with E-state index < -0.39 is 0 Å². The van der Waals surface area contributed by atoms with Crippen molar-refractivity contribution in [2.75, 3.05) is 19.0 Å². The molecule has 0 heterocycles. The van der Waals surface area contributed by atoms with Crippen molar-refractivity contribution in [3.05, 3.63) is 53.1 Å². The lowest BCUT2D eigenvalue weighted by atomic mass is 10.2. The number of halogens is 1. The number of hydrogen-bond donors (Lipinski definition) is 1. The molecule has 0 radical (unpaired) electrons. The van der Waals surface area contributed by atoms with Crippen molar-refractivity contribution >= 4 is 28.9 Å². The average molecular weight is 306 g/mol. The molecule has 4 nitrogen and oxygen atoms in total. The van der Waals surface area contributed by atoms with Crippen LogP contribution in [-0.4, -0.2) is 19.7 Å². The van der Waals surface area contributed by atoms with Crippen molar-refractivity contribution in [1.29, 1.82) is 0 Å². The first-order valence-electron chi connectivity index (χ1n) is 6.51. The highest BCUT2D eigenvalue weighted by Gasteiger charge is 2.07. The summed E-state index contributed by atoms with van der Waals surface area (Å²) in [6, 6.07) is 12.3. The number of nitrogens with one attached hydrogen (secondary N) is 1. The van der Waals surface area contributed by atoms with Gasteiger partial charge < -0.3 is 14.8 Å². The minimum absolute atomic E-state index is 0.329. The van der Waals surface area contributed by atoms with Gasteiger partial charge >= 0.3 is 5.97 Å². The van der Waals surface area contributed by atoms with Gasteiger partial charge in [-0.1, -0.05) is 11.6 Å². The molecule has 2 aromatic rings. The maximum Gasteiger partial charge on any atom is 0.338 e. The third-order valence-electron chi connectivity index (χ3n) is 2.84. The smallest absolute Gasteiger partial charge is 0.338 e. The Balaban J connectivity index is 2.17. The molecule has 2 aromatic carbocycles. The van der Waals surface area contributed by atoms with Crippen LogP contribution in [-0.2, 0) is 4.74 Å². The number of carbonyl (C=O) groups is 1. The fraction of sp³-hybridized carbons (Fsp3) is 0.188. The highest BCUT2D eigenvalue weighted by Crippen LogP contribution is 2.30. The molecule has 110 valence electrons. The molecule has 0 aliphatic carbocycles. The summed E-state index contributed by atoms with van der Waals surface area (Å²) in [7, 11) is 1.60. The van der Waals surface area contributed by atoms with E-state index in [1.165, 1.54) is 0 Å². The van der Waals surface area contributed by atoms with Crippen LogP contribution in [0.2, 0.25) is 5.02 Å². The molecule has 0 atom stereocenters. The van der Waals surface area contributed by atoms with E-state index in [-0.39, 0.29) is 5.97 Å². The minimum atomic E-state index is -0.329. The van der Waals surface area contributed by atoms with Crippen LogP contribution in [0.15, 0.2) is 42.5 Å². The van der Waals surface area contributed by atoms with Gasteiger partial charge in [-0.05, 0) is 49.4 Å². The Morgan fingerprint density at radius 1 is 1.19 bits per heavy atom. The Kier molecular flexibility index (Phi) is 5.06. The molecule has 2 rings (SSSR count). The molecule has 0 bridgehead atoms. The van der Waals surface area contributed by atoms with Crippen LogP contribution in [0.1, 0.15) is 17.3 Å². The lowest BCUT2D eigenvalue weighted by Gasteiger charge is -2.12. The fourth-order valence-electron chi connectivity index (χ4n) is 1.84. The predicted molar refractivity (Wildman–Crippen MR) is 83.7 cm³/mol. The van der Waals surface area contributed by atoms with Crippen LogP contribution in [0.25, 0.3) is 0 Å². The molecule has 21 heavy (non-hydrogen) atoms. The van der Waals surface area contributed by atoms with E-state index in [4.69, 9.17) is 21.1 Å². The Hall–Kier alpha value is -2.20. The lowest BCUT2D eigenvalue weighted by molar-refractivity contribution is 0.0526. The zero-order chi connectivity index (χ0) is 15.2. The van der Waals surface area contributed by atoms with Crippen LogP contribution in [0, 0.1) is 0 Å². The van der Waals surface area contributed by atoms with Crippen LogP contribution in [0.4, 0.5) is 11.4 Å². The maximum atomic E-state index is 11.6.